The highest BCUT2D eigenvalue weighted by Crippen LogP contribution is 2.41. The molecule has 3 heterocycles. The van der Waals surface area contributed by atoms with Gasteiger partial charge in [-0.25, -0.2) is 13.4 Å². The number of carbonyl (C=O) groups is 1. The van der Waals surface area contributed by atoms with E-state index in [0.717, 1.165) is 22.5 Å². The van der Waals surface area contributed by atoms with Crippen molar-refractivity contribution in [1.82, 2.24) is 20.1 Å². The minimum absolute atomic E-state index is 0.0103. The Morgan fingerprint density at radius 2 is 1.88 bits per heavy atom. The van der Waals surface area contributed by atoms with E-state index in [1.165, 1.54) is 7.05 Å². The van der Waals surface area contributed by atoms with Crippen molar-refractivity contribution in [2.24, 2.45) is 17.6 Å². The van der Waals surface area contributed by atoms with Gasteiger partial charge in [-0.2, -0.15) is 0 Å². The number of hydrogen-bond acceptors (Lipinski definition) is 10. The van der Waals surface area contributed by atoms with E-state index >= 15 is 0 Å². The molecule has 1 saturated carbocycles. The number of ether oxygens (including phenoxy) is 1. The van der Waals surface area contributed by atoms with E-state index in [4.69, 9.17) is 26.5 Å². The first-order valence-corrected chi connectivity index (χ1v) is 16.5. The predicted molar refractivity (Wildman–Crippen MR) is 164 cm³/mol. The maximum absolute atomic E-state index is 13.3. The van der Waals surface area contributed by atoms with Crippen molar-refractivity contribution < 1.29 is 22.4 Å². The molecule has 3 aromatic rings. The number of nitrogens with zero attached hydrogens (tertiary/aromatic N) is 6. The minimum Gasteiger partial charge on any atom is -0.419 e. The molecule has 43 heavy (non-hydrogen) atoms. The van der Waals surface area contributed by atoms with E-state index in [1.807, 2.05) is 35.2 Å². The zero-order valence-corrected chi connectivity index (χ0v) is 26.4. The van der Waals surface area contributed by atoms with Crippen molar-refractivity contribution in [2.75, 3.05) is 61.9 Å². The number of aromatic nitrogens is 3. The molecule has 1 saturated heterocycles. The Kier molecular flexibility index (Phi) is 8.98. The highest BCUT2D eigenvalue weighted by molar-refractivity contribution is 7.92. The fraction of sp³-hybridized carbons (Fsp3) is 0.517. The number of hydrogen-bond donors (Lipinski definition) is 1. The topological polar surface area (TPSA) is 148 Å². The van der Waals surface area contributed by atoms with Crippen LogP contribution in [0.4, 0.5) is 11.6 Å². The molecule has 0 radical (unpaired) electrons. The van der Waals surface area contributed by atoms with Crippen LogP contribution in [0.2, 0.25) is 5.02 Å². The molecule has 0 spiro atoms. The molecule has 1 amide bonds. The zero-order chi connectivity index (χ0) is 30.9. The second-order valence-corrected chi connectivity index (χ2v) is 14.1. The molecule has 2 aromatic heterocycles. The van der Waals surface area contributed by atoms with Gasteiger partial charge in [0.05, 0.1) is 42.1 Å². The molecule has 2 fully saturated rings. The summed E-state index contributed by atoms with van der Waals surface area (Å²) in [5, 5.41) is 8.51. The van der Waals surface area contributed by atoms with Crippen molar-refractivity contribution in [2.45, 2.75) is 32.2 Å². The fourth-order valence-corrected chi connectivity index (χ4v) is 5.90. The largest absolute Gasteiger partial charge is 0.419 e. The van der Waals surface area contributed by atoms with E-state index < -0.39 is 15.6 Å². The van der Waals surface area contributed by atoms with Crippen LogP contribution in [0.15, 0.2) is 40.8 Å². The molecule has 14 heteroatoms. The molecule has 12 nitrogen and oxygen atoms in total. The molecule has 2 unspecified atom stereocenters. The normalized spacial score (nSPS) is 20.0. The SMILES string of the molecule is CC1CC1CN(CC(=O)N1CCOCC1)c1cc(-c2nnc([C@](C)(N)Cc3ccccc3)o2)c(Cl)c(N(C)S(C)(=O)=O)n1. The number of pyridine rings is 1. The fourth-order valence-electron chi connectivity index (χ4n) is 5.10. The number of halogens is 1. The summed E-state index contributed by atoms with van der Waals surface area (Å²) < 4.78 is 37.7. The van der Waals surface area contributed by atoms with Crippen molar-refractivity contribution in [3.05, 3.63) is 52.9 Å². The molecule has 1 aromatic carbocycles. The third-order valence-corrected chi connectivity index (χ3v) is 9.57. The number of sulfonamides is 1. The van der Waals surface area contributed by atoms with Crippen LogP contribution in [-0.2, 0) is 31.5 Å². The van der Waals surface area contributed by atoms with Gasteiger partial charge in [-0.1, -0.05) is 48.9 Å². The molecule has 2 N–H and O–H groups in total. The van der Waals surface area contributed by atoms with Gasteiger partial charge in [0, 0.05) is 26.7 Å². The zero-order valence-electron chi connectivity index (χ0n) is 24.9. The number of amides is 1. The summed E-state index contributed by atoms with van der Waals surface area (Å²) in [5.41, 5.74) is 6.93. The van der Waals surface area contributed by atoms with E-state index in [0.29, 0.717) is 62.5 Å². The summed E-state index contributed by atoms with van der Waals surface area (Å²) in [7, 11) is -2.37. The van der Waals surface area contributed by atoms with Crippen LogP contribution >= 0.6 is 11.6 Å². The summed E-state index contributed by atoms with van der Waals surface area (Å²) in [4.78, 5) is 21.7. The quantitative estimate of drug-likeness (QED) is 0.335. The lowest BCUT2D eigenvalue weighted by Crippen LogP contribution is -2.46. The number of morpholine rings is 1. The molecule has 5 rings (SSSR count). The van der Waals surface area contributed by atoms with E-state index in [9.17, 15) is 13.2 Å². The first kappa shape index (κ1) is 31.2. The van der Waals surface area contributed by atoms with Gasteiger partial charge in [0.25, 0.3) is 0 Å². The average molecular weight is 632 g/mol. The second kappa shape index (κ2) is 12.4. The molecule has 1 aliphatic carbocycles. The van der Waals surface area contributed by atoms with Crippen LogP contribution in [0, 0.1) is 11.8 Å². The minimum atomic E-state index is -3.74. The Labute approximate surface area is 257 Å². The standard InChI is InChI=1S/C29H38ClN7O5S/c1-19-14-21(19)17-37(18-24(38)36-10-12-41-13-11-36)23-15-22(25(30)26(32-23)35(3)43(4,39)40)27-33-34-28(42-27)29(2,31)16-20-8-6-5-7-9-20/h5-9,15,19,21H,10-14,16-18,31H2,1-4H3/t19?,21?,29-/m1/s1. The summed E-state index contributed by atoms with van der Waals surface area (Å²) in [5.74, 6) is 1.46. The monoisotopic (exact) mass is 631 g/mol. The van der Waals surface area contributed by atoms with Gasteiger partial charge in [0.1, 0.15) is 5.82 Å². The summed E-state index contributed by atoms with van der Waals surface area (Å²) in [6, 6.07) is 11.4. The summed E-state index contributed by atoms with van der Waals surface area (Å²) in [6.45, 7) is 6.60. The smallest absolute Gasteiger partial charge is 0.249 e. The average Bonchev–Trinajstić information content (AvgIpc) is 3.43. The molecular weight excluding hydrogens is 594 g/mol. The van der Waals surface area contributed by atoms with Gasteiger partial charge in [0.15, 0.2) is 5.82 Å². The lowest BCUT2D eigenvalue weighted by Gasteiger charge is -2.31. The van der Waals surface area contributed by atoms with Gasteiger partial charge in [-0.05, 0) is 43.2 Å². The van der Waals surface area contributed by atoms with Gasteiger partial charge in [-0.3, -0.25) is 9.10 Å². The molecule has 0 bridgehead atoms. The Hall–Kier alpha value is -3.26. The van der Waals surface area contributed by atoms with Crippen LogP contribution in [0.3, 0.4) is 0 Å². The van der Waals surface area contributed by atoms with Crippen LogP contribution in [0.5, 0.6) is 0 Å². The summed E-state index contributed by atoms with van der Waals surface area (Å²) >= 11 is 6.81. The molecule has 3 atom stereocenters. The third kappa shape index (κ3) is 7.28. The van der Waals surface area contributed by atoms with Crippen LogP contribution in [-0.4, -0.2) is 87.1 Å². The lowest BCUT2D eigenvalue weighted by atomic mass is 9.94. The van der Waals surface area contributed by atoms with Crippen LogP contribution in [0.1, 0.15) is 31.7 Å². The molecule has 1 aliphatic heterocycles. The number of anilines is 2. The molecular formula is C29H38ClN7O5S. The van der Waals surface area contributed by atoms with E-state index in [2.05, 4.69) is 22.1 Å². The Balaban J connectivity index is 1.54. The predicted octanol–water partition coefficient (Wildman–Crippen LogP) is 2.92. The van der Waals surface area contributed by atoms with Gasteiger partial charge >= 0.3 is 0 Å². The third-order valence-electron chi connectivity index (χ3n) is 8.03. The Morgan fingerprint density at radius 1 is 1.21 bits per heavy atom. The first-order valence-electron chi connectivity index (χ1n) is 14.3. The number of benzene rings is 1. The lowest BCUT2D eigenvalue weighted by molar-refractivity contribution is -0.133. The highest BCUT2D eigenvalue weighted by atomic mass is 35.5. The highest BCUT2D eigenvalue weighted by Gasteiger charge is 2.36. The van der Waals surface area contributed by atoms with Gasteiger partial charge < -0.3 is 24.7 Å². The number of carbonyl (C=O) groups excluding carboxylic acids is 1. The Bertz CT molecular complexity index is 1560. The van der Waals surface area contributed by atoms with E-state index in [-0.39, 0.29) is 35.1 Å². The van der Waals surface area contributed by atoms with Gasteiger partial charge in [0.2, 0.25) is 27.7 Å². The second-order valence-electron chi connectivity index (χ2n) is 11.7. The summed E-state index contributed by atoms with van der Waals surface area (Å²) in [6.07, 6.45) is 2.55. The van der Waals surface area contributed by atoms with Crippen molar-refractivity contribution >= 4 is 39.2 Å². The van der Waals surface area contributed by atoms with Crippen molar-refractivity contribution in [1.29, 1.82) is 0 Å². The van der Waals surface area contributed by atoms with Crippen LogP contribution in [0.25, 0.3) is 11.5 Å². The maximum Gasteiger partial charge on any atom is 0.249 e. The van der Waals surface area contributed by atoms with Crippen LogP contribution < -0.4 is 14.9 Å². The van der Waals surface area contributed by atoms with E-state index in [1.54, 1.807) is 17.9 Å². The van der Waals surface area contributed by atoms with Crippen molar-refractivity contribution in [3.8, 4) is 11.5 Å². The first-order chi connectivity index (χ1) is 20.3. The van der Waals surface area contributed by atoms with Crippen molar-refractivity contribution in [3.63, 3.8) is 0 Å². The van der Waals surface area contributed by atoms with Gasteiger partial charge in [-0.15, -0.1) is 10.2 Å². The Morgan fingerprint density at radius 3 is 2.51 bits per heavy atom. The number of nitrogens with two attached hydrogens (primary N) is 1. The molecule has 2 aliphatic rings. The number of rotatable bonds is 11. The molecule has 232 valence electrons. The maximum atomic E-state index is 13.3.